The summed E-state index contributed by atoms with van der Waals surface area (Å²) in [5.41, 5.74) is 4.97. The summed E-state index contributed by atoms with van der Waals surface area (Å²) in [5.74, 6) is 1.77. The number of rotatable bonds is 7. The van der Waals surface area contributed by atoms with Crippen LogP contribution in [-0.2, 0) is 17.8 Å². The predicted octanol–water partition coefficient (Wildman–Crippen LogP) is 5.04. The number of carbonyl (C=O) groups is 1. The van der Waals surface area contributed by atoms with E-state index in [1.165, 1.54) is 0 Å². The van der Waals surface area contributed by atoms with Crippen LogP contribution in [0.15, 0.2) is 65.8 Å². The van der Waals surface area contributed by atoms with E-state index >= 15 is 0 Å². The summed E-state index contributed by atoms with van der Waals surface area (Å²) in [6.07, 6.45) is 1.74. The van der Waals surface area contributed by atoms with Crippen LogP contribution in [0.5, 0.6) is 17.2 Å². The lowest BCUT2D eigenvalue weighted by Gasteiger charge is -2.18. The number of carbonyl (C=O) groups excluding carboxylic acids is 1. The van der Waals surface area contributed by atoms with Crippen LogP contribution < -0.4 is 19.6 Å². The molecule has 4 rings (SSSR count). The zero-order chi connectivity index (χ0) is 22.3. The van der Waals surface area contributed by atoms with E-state index in [1.807, 2.05) is 48.5 Å². The van der Waals surface area contributed by atoms with Crippen molar-refractivity contribution < 1.29 is 19.0 Å². The molecule has 0 saturated carbocycles. The number of benzene rings is 3. The number of nitrogens with one attached hydrogen (secondary N) is 1. The number of hydrazone groups is 1. The van der Waals surface area contributed by atoms with E-state index in [2.05, 4.69) is 10.5 Å². The average Bonchev–Trinajstić information content (AvgIpc) is 2.79. The highest BCUT2D eigenvalue weighted by atomic mass is 35.5. The van der Waals surface area contributed by atoms with Gasteiger partial charge in [-0.3, -0.25) is 4.79 Å². The van der Waals surface area contributed by atoms with Gasteiger partial charge in [-0.25, -0.2) is 5.43 Å². The van der Waals surface area contributed by atoms with Gasteiger partial charge in [0.2, 0.25) is 5.91 Å². The number of hydrogen-bond donors (Lipinski definition) is 1. The van der Waals surface area contributed by atoms with Crippen molar-refractivity contribution >= 4 is 35.3 Å². The molecule has 8 heteroatoms. The molecule has 0 aromatic heterocycles. The van der Waals surface area contributed by atoms with Crippen LogP contribution in [-0.4, -0.2) is 25.3 Å². The van der Waals surface area contributed by atoms with Crippen LogP contribution in [0.2, 0.25) is 10.0 Å². The molecule has 0 bridgehead atoms. The molecule has 3 aromatic carbocycles. The molecule has 164 valence electrons. The number of nitrogens with zero attached hydrogens (tertiary/aromatic N) is 1. The van der Waals surface area contributed by atoms with Gasteiger partial charge in [-0.15, -0.1) is 0 Å². The smallest absolute Gasteiger partial charge is 0.244 e. The Kier molecular flexibility index (Phi) is 7.14. The van der Waals surface area contributed by atoms with E-state index in [9.17, 15) is 4.79 Å². The summed E-state index contributed by atoms with van der Waals surface area (Å²) in [7, 11) is 0. The molecule has 0 radical (unpaired) electrons. The third kappa shape index (κ3) is 5.93. The van der Waals surface area contributed by atoms with E-state index in [1.54, 1.807) is 18.3 Å². The summed E-state index contributed by atoms with van der Waals surface area (Å²) in [6.45, 7) is 1.34. The van der Waals surface area contributed by atoms with Crippen molar-refractivity contribution in [3.8, 4) is 17.2 Å². The van der Waals surface area contributed by atoms with Crippen molar-refractivity contribution in [1.82, 2.24) is 5.43 Å². The van der Waals surface area contributed by atoms with Crippen molar-refractivity contribution in [3.05, 3.63) is 87.4 Å². The normalized spacial score (nSPS) is 12.6. The quantitative estimate of drug-likeness (QED) is 0.388. The number of halogens is 2. The zero-order valence-electron chi connectivity index (χ0n) is 17.0. The fourth-order valence-electron chi connectivity index (χ4n) is 3.09. The molecule has 1 N–H and O–H groups in total. The minimum absolute atomic E-state index is 0.180. The van der Waals surface area contributed by atoms with Gasteiger partial charge in [-0.05, 0) is 47.5 Å². The molecule has 0 spiro atoms. The lowest BCUT2D eigenvalue weighted by molar-refractivity contribution is -0.120. The van der Waals surface area contributed by atoms with Crippen molar-refractivity contribution in [2.75, 3.05) is 13.2 Å². The Bertz CT molecular complexity index is 1150. The van der Waals surface area contributed by atoms with Crippen molar-refractivity contribution in [2.45, 2.75) is 13.0 Å². The average molecular weight is 471 g/mol. The van der Waals surface area contributed by atoms with Gasteiger partial charge in [0.25, 0.3) is 0 Å². The molecule has 0 fully saturated rings. The van der Waals surface area contributed by atoms with Gasteiger partial charge in [-0.1, -0.05) is 47.5 Å². The molecule has 32 heavy (non-hydrogen) atoms. The standard InChI is InChI=1S/C24H20Cl2N2O4/c25-19-6-5-18(21(26)13-19)15-32-20-3-1-2-17(10-20)14-27-28-24(29)12-16-4-7-22-23(11-16)31-9-8-30-22/h1-7,10-11,13-14H,8-9,12,15H2,(H,28,29)/b27-14+. The molecule has 0 aliphatic carbocycles. The van der Waals surface area contributed by atoms with Crippen LogP contribution in [0.25, 0.3) is 0 Å². The second-order valence-corrected chi connectivity index (χ2v) is 7.89. The highest BCUT2D eigenvalue weighted by molar-refractivity contribution is 6.35. The third-order valence-electron chi connectivity index (χ3n) is 4.64. The first-order valence-corrected chi connectivity index (χ1v) is 10.7. The van der Waals surface area contributed by atoms with E-state index in [0.29, 0.717) is 47.1 Å². The fourth-order valence-corrected chi connectivity index (χ4v) is 3.55. The molecule has 1 aliphatic heterocycles. The Balaban J connectivity index is 1.30. The summed E-state index contributed by atoms with van der Waals surface area (Å²) in [4.78, 5) is 12.2. The Hall–Kier alpha value is -3.22. The SMILES string of the molecule is O=C(Cc1ccc2c(c1)OCCO2)N/N=C/c1cccc(OCc2ccc(Cl)cc2Cl)c1. The van der Waals surface area contributed by atoms with Gasteiger partial charge in [0.15, 0.2) is 11.5 Å². The zero-order valence-corrected chi connectivity index (χ0v) is 18.5. The maximum Gasteiger partial charge on any atom is 0.244 e. The minimum atomic E-state index is -0.234. The van der Waals surface area contributed by atoms with Crippen LogP contribution >= 0.6 is 23.2 Å². The summed E-state index contributed by atoms with van der Waals surface area (Å²) in [5, 5.41) is 5.17. The highest BCUT2D eigenvalue weighted by Gasteiger charge is 2.13. The number of ether oxygens (including phenoxy) is 3. The molecule has 0 saturated heterocycles. The molecule has 0 unspecified atom stereocenters. The van der Waals surface area contributed by atoms with Crippen LogP contribution in [0.1, 0.15) is 16.7 Å². The lowest BCUT2D eigenvalue weighted by atomic mass is 10.1. The maximum atomic E-state index is 12.2. The Morgan fingerprint density at radius 2 is 1.88 bits per heavy atom. The molecular weight excluding hydrogens is 451 g/mol. The first-order chi connectivity index (χ1) is 15.6. The van der Waals surface area contributed by atoms with Gasteiger partial charge in [0, 0.05) is 15.6 Å². The van der Waals surface area contributed by atoms with Gasteiger partial charge in [-0.2, -0.15) is 5.10 Å². The number of amides is 1. The predicted molar refractivity (Wildman–Crippen MR) is 124 cm³/mol. The molecule has 1 aliphatic rings. The third-order valence-corrected chi connectivity index (χ3v) is 5.23. The first kappa shape index (κ1) is 22.0. The van der Waals surface area contributed by atoms with Crippen LogP contribution in [0.4, 0.5) is 0 Å². The largest absolute Gasteiger partial charge is 0.489 e. The van der Waals surface area contributed by atoms with Gasteiger partial charge in [0.1, 0.15) is 25.6 Å². The van der Waals surface area contributed by atoms with Crippen molar-refractivity contribution in [2.24, 2.45) is 5.10 Å². The summed E-state index contributed by atoms with van der Waals surface area (Å²) >= 11 is 12.1. The van der Waals surface area contributed by atoms with Crippen LogP contribution in [0.3, 0.4) is 0 Å². The molecular formula is C24H20Cl2N2O4. The Labute approximate surface area is 195 Å². The van der Waals surface area contributed by atoms with E-state index in [0.717, 1.165) is 16.7 Å². The summed E-state index contributed by atoms with van der Waals surface area (Å²) < 4.78 is 16.8. The van der Waals surface area contributed by atoms with Crippen molar-refractivity contribution in [1.29, 1.82) is 0 Å². The second kappa shape index (κ2) is 10.4. The number of fused-ring (bicyclic) bond motifs is 1. The molecule has 1 heterocycles. The highest BCUT2D eigenvalue weighted by Crippen LogP contribution is 2.30. The first-order valence-electron chi connectivity index (χ1n) is 9.94. The molecule has 0 atom stereocenters. The minimum Gasteiger partial charge on any atom is -0.489 e. The lowest BCUT2D eigenvalue weighted by Crippen LogP contribution is -2.20. The second-order valence-electron chi connectivity index (χ2n) is 7.04. The van der Waals surface area contributed by atoms with E-state index in [4.69, 9.17) is 37.4 Å². The van der Waals surface area contributed by atoms with Gasteiger partial charge in [0.05, 0.1) is 12.6 Å². The van der Waals surface area contributed by atoms with Gasteiger partial charge < -0.3 is 14.2 Å². The number of hydrogen-bond acceptors (Lipinski definition) is 5. The molecule has 3 aromatic rings. The van der Waals surface area contributed by atoms with E-state index in [-0.39, 0.29) is 12.3 Å². The topological polar surface area (TPSA) is 69.2 Å². The van der Waals surface area contributed by atoms with E-state index < -0.39 is 0 Å². The maximum absolute atomic E-state index is 12.2. The van der Waals surface area contributed by atoms with Gasteiger partial charge >= 0.3 is 0 Å². The molecule has 1 amide bonds. The Morgan fingerprint density at radius 3 is 2.72 bits per heavy atom. The van der Waals surface area contributed by atoms with Crippen molar-refractivity contribution in [3.63, 3.8) is 0 Å². The fraction of sp³-hybridized carbons (Fsp3) is 0.167. The van der Waals surface area contributed by atoms with Crippen LogP contribution in [0, 0.1) is 0 Å². The monoisotopic (exact) mass is 470 g/mol. The Morgan fingerprint density at radius 1 is 1.03 bits per heavy atom. The molecule has 6 nitrogen and oxygen atoms in total. The summed E-state index contributed by atoms with van der Waals surface area (Å²) in [6, 6.07) is 18.1.